The molecule has 110 valence electrons. The Labute approximate surface area is 134 Å². The molecule has 1 aromatic heterocycles. The van der Waals surface area contributed by atoms with Crippen LogP contribution in [-0.4, -0.2) is 15.7 Å². The van der Waals surface area contributed by atoms with Gasteiger partial charge in [0, 0.05) is 16.1 Å². The largest absolute Gasteiger partial charge is 0.480 e. The number of para-hydroxylation sites is 1. The Balaban J connectivity index is 1.94. The van der Waals surface area contributed by atoms with Crippen molar-refractivity contribution < 1.29 is 4.74 Å². The Hall–Kier alpha value is -1.26. The number of thioether (sulfide) groups is 1. The highest BCUT2D eigenvalue weighted by Gasteiger charge is 2.26. The normalized spacial score (nSPS) is 18.0. The van der Waals surface area contributed by atoms with E-state index in [2.05, 4.69) is 36.8 Å². The molecule has 0 N–H and O–H groups in total. The van der Waals surface area contributed by atoms with E-state index in [4.69, 9.17) is 16.3 Å². The summed E-state index contributed by atoms with van der Waals surface area (Å²) in [6, 6.07) is 9.86. The predicted octanol–water partition coefficient (Wildman–Crippen LogP) is 4.65. The molecular weight excluding hydrogens is 304 g/mol. The molecule has 0 bridgehead atoms. The molecule has 3 rings (SSSR count). The van der Waals surface area contributed by atoms with Crippen LogP contribution in [0.25, 0.3) is 0 Å². The quantitative estimate of drug-likeness (QED) is 0.716. The smallest absolute Gasteiger partial charge is 0.171 e. The molecule has 1 atom stereocenters. The SMILES string of the molecule is CC(C)(C)c1cc(Cl)nc(C2CSc3ccccc3O2)n1. The highest BCUT2D eigenvalue weighted by atomic mass is 35.5. The van der Waals surface area contributed by atoms with Gasteiger partial charge in [-0.05, 0) is 18.2 Å². The van der Waals surface area contributed by atoms with E-state index in [1.807, 2.05) is 24.3 Å². The van der Waals surface area contributed by atoms with E-state index in [0.717, 1.165) is 22.1 Å². The van der Waals surface area contributed by atoms with E-state index in [0.29, 0.717) is 11.0 Å². The predicted molar refractivity (Wildman–Crippen MR) is 86.3 cm³/mol. The van der Waals surface area contributed by atoms with Crippen LogP contribution in [0.15, 0.2) is 35.2 Å². The summed E-state index contributed by atoms with van der Waals surface area (Å²) in [7, 11) is 0. The molecule has 1 aliphatic rings. The third-order valence-electron chi connectivity index (χ3n) is 3.28. The molecule has 2 heterocycles. The van der Waals surface area contributed by atoms with E-state index in [1.165, 1.54) is 0 Å². The minimum absolute atomic E-state index is 0.0684. The van der Waals surface area contributed by atoms with Gasteiger partial charge >= 0.3 is 0 Å². The lowest BCUT2D eigenvalue weighted by molar-refractivity contribution is 0.209. The van der Waals surface area contributed by atoms with Gasteiger partial charge in [-0.2, -0.15) is 0 Å². The van der Waals surface area contributed by atoms with Crippen molar-refractivity contribution in [2.24, 2.45) is 0 Å². The minimum Gasteiger partial charge on any atom is -0.480 e. The van der Waals surface area contributed by atoms with Gasteiger partial charge in [0.25, 0.3) is 0 Å². The van der Waals surface area contributed by atoms with Crippen molar-refractivity contribution in [3.05, 3.63) is 47.0 Å². The Bertz CT molecular complexity index is 670. The molecule has 0 spiro atoms. The molecule has 0 aliphatic carbocycles. The van der Waals surface area contributed by atoms with Crippen molar-refractivity contribution in [1.82, 2.24) is 9.97 Å². The van der Waals surface area contributed by atoms with Crippen molar-refractivity contribution in [1.29, 1.82) is 0 Å². The number of halogens is 1. The summed E-state index contributed by atoms with van der Waals surface area (Å²) in [5, 5.41) is 0.470. The first-order chi connectivity index (χ1) is 9.93. The van der Waals surface area contributed by atoms with E-state index >= 15 is 0 Å². The highest BCUT2D eigenvalue weighted by Crippen LogP contribution is 2.39. The zero-order valence-electron chi connectivity index (χ0n) is 12.3. The van der Waals surface area contributed by atoms with Gasteiger partial charge in [-0.3, -0.25) is 0 Å². The monoisotopic (exact) mass is 320 g/mol. The summed E-state index contributed by atoms with van der Waals surface area (Å²) in [5.41, 5.74) is 0.867. The Kier molecular flexibility index (Phi) is 3.84. The van der Waals surface area contributed by atoms with Gasteiger partial charge in [0.05, 0.1) is 5.69 Å². The van der Waals surface area contributed by atoms with Crippen LogP contribution in [0.3, 0.4) is 0 Å². The van der Waals surface area contributed by atoms with Crippen LogP contribution in [0.2, 0.25) is 5.15 Å². The summed E-state index contributed by atoms with van der Waals surface area (Å²) >= 11 is 7.92. The number of hydrogen-bond donors (Lipinski definition) is 0. The molecule has 3 nitrogen and oxygen atoms in total. The maximum Gasteiger partial charge on any atom is 0.171 e. The van der Waals surface area contributed by atoms with Gasteiger partial charge in [0.15, 0.2) is 11.9 Å². The topological polar surface area (TPSA) is 35.0 Å². The van der Waals surface area contributed by atoms with Gasteiger partial charge in [0.2, 0.25) is 0 Å². The van der Waals surface area contributed by atoms with Crippen molar-refractivity contribution >= 4 is 23.4 Å². The van der Waals surface area contributed by atoms with Gasteiger partial charge < -0.3 is 4.74 Å². The van der Waals surface area contributed by atoms with E-state index in [-0.39, 0.29) is 11.5 Å². The minimum atomic E-state index is -0.162. The molecule has 21 heavy (non-hydrogen) atoms. The molecule has 1 unspecified atom stereocenters. The zero-order chi connectivity index (χ0) is 15.0. The molecule has 2 aromatic rings. The lowest BCUT2D eigenvalue weighted by atomic mass is 9.92. The lowest BCUT2D eigenvalue weighted by Gasteiger charge is -2.26. The first kappa shape index (κ1) is 14.7. The highest BCUT2D eigenvalue weighted by molar-refractivity contribution is 7.99. The average molecular weight is 321 g/mol. The second-order valence-corrected chi connectivity index (χ2v) is 7.50. The third-order valence-corrected chi connectivity index (χ3v) is 4.59. The Morgan fingerprint density at radius 1 is 1.24 bits per heavy atom. The molecular formula is C16H17ClN2OS. The van der Waals surface area contributed by atoms with Crippen LogP contribution in [0.5, 0.6) is 5.75 Å². The van der Waals surface area contributed by atoms with Crippen molar-refractivity contribution in [3.63, 3.8) is 0 Å². The van der Waals surface area contributed by atoms with E-state index < -0.39 is 0 Å². The Morgan fingerprint density at radius 2 is 2.00 bits per heavy atom. The first-order valence-electron chi connectivity index (χ1n) is 6.87. The number of hydrogen-bond acceptors (Lipinski definition) is 4. The zero-order valence-corrected chi connectivity index (χ0v) is 13.8. The fraction of sp³-hybridized carbons (Fsp3) is 0.375. The van der Waals surface area contributed by atoms with Crippen LogP contribution < -0.4 is 4.74 Å². The van der Waals surface area contributed by atoms with Crippen LogP contribution in [-0.2, 0) is 5.41 Å². The standard InChI is InChI=1S/C16H17ClN2OS/c1-16(2,3)13-8-14(17)19-15(18-13)11-9-21-12-7-5-4-6-10(12)20-11/h4-8,11H,9H2,1-3H3. The number of aromatic nitrogens is 2. The molecule has 5 heteroatoms. The molecule has 0 amide bonds. The van der Waals surface area contributed by atoms with Crippen LogP contribution >= 0.6 is 23.4 Å². The van der Waals surface area contributed by atoms with E-state index in [9.17, 15) is 0 Å². The van der Waals surface area contributed by atoms with E-state index in [1.54, 1.807) is 11.8 Å². The second-order valence-electron chi connectivity index (χ2n) is 6.05. The summed E-state index contributed by atoms with van der Waals surface area (Å²) in [6.07, 6.45) is -0.162. The van der Waals surface area contributed by atoms with Gasteiger partial charge in [-0.1, -0.05) is 44.5 Å². The van der Waals surface area contributed by atoms with Crippen LogP contribution in [0.1, 0.15) is 38.4 Å². The number of nitrogens with zero attached hydrogens (tertiary/aromatic N) is 2. The summed E-state index contributed by atoms with van der Waals surface area (Å²) < 4.78 is 6.04. The molecule has 0 saturated heterocycles. The number of rotatable bonds is 1. The number of benzene rings is 1. The van der Waals surface area contributed by atoms with Crippen molar-refractivity contribution in [2.45, 2.75) is 37.2 Å². The number of fused-ring (bicyclic) bond motifs is 1. The van der Waals surface area contributed by atoms with Crippen molar-refractivity contribution in [2.75, 3.05) is 5.75 Å². The summed E-state index contributed by atoms with van der Waals surface area (Å²) in [4.78, 5) is 10.2. The molecule has 0 saturated carbocycles. The van der Waals surface area contributed by atoms with Crippen LogP contribution in [0, 0.1) is 0 Å². The Morgan fingerprint density at radius 3 is 2.76 bits per heavy atom. The third kappa shape index (κ3) is 3.16. The lowest BCUT2D eigenvalue weighted by Crippen LogP contribution is -2.21. The number of ether oxygens (including phenoxy) is 1. The van der Waals surface area contributed by atoms with Gasteiger partial charge in [0.1, 0.15) is 10.9 Å². The molecule has 0 fully saturated rings. The van der Waals surface area contributed by atoms with Gasteiger partial charge in [-0.25, -0.2) is 9.97 Å². The van der Waals surface area contributed by atoms with Crippen molar-refractivity contribution in [3.8, 4) is 5.75 Å². The maximum atomic E-state index is 6.16. The fourth-order valence-corrected chi connectivity index (χ4v) is 3.28. The second kappa shape index (κ2) is 5.50. The summed E-state index contributed by atoms with van der Waals surface area (Å²) in [5.74, 6) is 2.34. The molecule has 0 radical (unpaired) electrons. The molecule has 1 aliphatic heterocycles. The van der Waals surface area contributed by atoms with Gasteiger partial charge in [-0.15, -0.1) is 11.8 Å². The fourth-order valence-electron chi connectivity index (χ4n) is 2.11. The maximum absolute atomic E-state index is 6.16. The molecule has 1 aromatic carbocycles. The average Bonchev–Trinajstić information content (AvgIpc) is 2.45. The first-order valence-corrected chi connectivity index (χ1v) is 8.23. The summed E-state index contributed by atoms with van der Waals surface area (Å²) in [6.45, 7) is 6.34. The van der Waals surface area contributed by atoms with Crippen LogP contribution in [0.4, 0.5) is 0 Å².